The number of fused-ring (bicyclic) bond motifs is 1. The number of benzene rings is 1. The fourth-order valence-electron chi connectivity index (χ4n) is 2.37. The minimum atomic E-state index is 0.576. The molecule has 1 aliphatic rings. The smallest absolute Gasteiger partial charge is 0.148 e. The van der Waals surface area contributed by atoms with Gasteiger partial charge in [-0.1, -0.05) is 11.6 Å². The number of aromatic nitrogens is 1. The molecule has 1 aromatic heterocycles. The van der Waals surface area contributed by atoms with E-state index in [-0.39, 0.29) is 0 Å². The average molecular weight is 349 g/mol. The van der Waals surface area contributed by atoms with Gasteiger partial charge in [-0.15, -0.1) is 0 Å². The van der Waals surface area contributed by atoms with Crippen LogP contribution in [0.3, 0.4) is 0 Å². The Morgan fingerprint density at radius 1 is 1.30 bits per heavy atom. The van der Waals surface area contributed by atoms with Crippen molar-refractivity contribution in [1.29, 1.82) is 5.26 Å². The number of anilines is 2. The number of nitriles is 1. The van der Waals surface area contributed by atoms with Gasteiger partial charge in [0.25, 0.3) is 0 Å². The minimum absolute atomic E-state index is 0.576. The Balaban J connectivity index is 2.00. The highest BCUT2D eigenvalue weighted by atomic mass is 79.9. The van der Waals surface area contributed by atoms with E-state index in [1.165, 1.54) is 5.56 Å². The molecule has 100 valence electrons. The number of halogens is 2. The third-order valence-corrected chi connectivity index (χ3v) is 4.25. The maximum absolute atomic E-state index is 9.28. The lowest BCUT2D eigenvalue weighted by atomic mass is 10.1. The summed E-state index contributed by atoms with van der Waals surface area (Å²) in [5.41, 5.74) is 3.71. The van der Waals surface area contributed by atoms with Crippen LogP contribution in [0.5, 0.6) is 0 Å². The van der Waals surface area contributed by atoms with Crippen molar-refractivity contribution in [2.24, 2.45) is 0 Å². The van der Waals surface area contributed by atoms with Crippen LogP contribution in [0.15, 0.2) is 28.7 Å². The van der Waals surface area contributed by atoms with E-state index in [9.17, 15) is 5.26 Å². The van der Waals surface area contributed by atoms with E-state index in [0.717, 1.165) is 35.1 Å². The molecule has 0 atom stereocenters. The van der Waals surface area contributed by atoms with Crippen molar-refractivity contribution >= 4 is 39.0 Å². The highest BCUT2D eigenvalue weighted by Crippen LogP contribution is 2.31. The molecule has 3 nitrogen and oxygen atoms in total. The molecule has 0 spiro atoms. The molecular formula is C15H11BrClN3. The molecule has 3 rings (SSSR count). The van der Waals surface area contributed by atoms with Gasteiger partial charge in [0.15, 0.2) is 0 Å². The van der Waals surface area contributed by atoms with Gasteiger partial charge in [-0.2, -0.15) is 5.26 Å². The summed E-state index contributed by atoms with van der Waals surface area (Å²) in [6.07, 6.45) is 3.11. The Labute approximate surface area is 130 Å². The first-order valence-electron chi connectivity index (χ1n) is 6.32. The number of hydrogen-bond donors (Lipinski definition) is 1. The van der Waals surface area contributed by atoms with Gasteiger partial charge in [0.05, 0.1) is 11.3 Å². The first-order chi connectivity index (χ1) is 9.67. The van der Waals surface area contributed by atoms with Crippen molar-refractivity contribution in [2.45, 2.75) is 19.3 Å². The number of nitrogens with zero attached hydrogens (tertiary/aromatic N) is 2. The van der Waals surface area contributed by atoms with Crippen LogP contribution in [0, 0.1) is 11.3 Å². The largest absolute Gasteiger partial charge is 0.338 e. The van der Waals surface area contributed by atoms with Gasteiger partial charge < -0.3 is 5.32 Å². The zero-order valence-electron chi connectivity index (χ0n) is 10.6. The van der Waals surface area contributed by atoms with Crippen molar-refractivity contribution < 1.29 is 0 Å². The molecule has 0 saturated heterocycles. The highest BCUT2D eigenvalue weighted by Gasteiger charge is 2.17. The van der Waals surface area contributed by atoms with Crippen LogP contribution in [-0.4, -0.2) is 4.98 Å². The predicted molar refractivity (Wildman–Crippen MR) is 83.4 cm³/mol. The summed E-state index contributed by atoms with van der Waals surface area (Å²) in [4.78, 5) is 4.60. The van der Waals surface area contributed by atoms with Crippen LogP contribution in [-0.2, 0) is 12.8 Å². The van der Waals surface area contributed by atoms with Crippen LogP contribution < -0.4 is 5.32 Å². The molecule has 1 aliphatic carbocycles. The first-order valence-corrected chi connectivity index (χ1v) is 7.49. The normalized spacial score (nSPS) is 12.8. The van der Waals surface area contributed by atoms with Gasteiger partial charge in [-0.3, -0.25) is 0 Å². The van der Waals surface area contributed by atoms with E-state index >= 15 is 0 Å². The molecule has 0 aliphatic heterocycles. The third-order valence-electron chi connectivity index (χ3n) is 3.36. The van der Waals surface area contributed by atoms with Gasteiger partial charge in [0, 0.05) is 15.2 Å². The number of rotatable bonds is 2. The second-order valence-corrected chi connectivity index (χ2v) is 6.00. The summed E-state index contributed by atoms with van der Waals surface area (Å²) in [5, 5.41) is 13.1. The molecule has 20 heavy (non-hydrogen) atoms. The Morgan fingerprint density at radius 2 is 2.15 bits per heavy atom. The zero-order chi connectivity index (χ0) is 14.1. The lowest BCUT2D eigenvalue weighted by Crippen LogP contribution is -2.01. The quantitative estimate of drug-likeness (QED) is 0.862. The average Bonchev–Trinajstić information content (AvgIpc) is 2.88. The second kappa shape index (κ2) is 5.43. The molecule has 0 fully saturated rings. The summed E-state index contributed by atoms with van der Waals surface area (Å²) >= 11 is 9.39. The fraction of sp³-hybridized carbons (Fsp3) is 0.200. The van der Waals surface area contributed by atoms with E-state index < -0.39 is 0 Å². The minimum Gasteiger partial charge on any atom is -0.338 e. The monoisotopic (exact) mass is 347 g/mol. The molecule has 2 aromatic rings. The van der Waals surface area contributed by atoms with Crippen LogP contribution in [0.25, 0.3) is 0 Å². The molecule has 5 heteroatoms. The van der Waals surface area contributed by atoms with E-state index in [0.29, 0.717) is 16.4 Å². The summed E-state index contributed by atoms with van der Waals surface area (Å²) in [6, 6.07) is 9.63. The molecule has 0 radical (unpaired) electrons. The van der Waals surface area contributed by atoms with Gasteiger partial charge in [-0.25, -0.2) is 4.98 Å². The highest BCUT2D eigenvalue weighted by molar-refractivity contribution is 9.10. The lowest BCUT2D eigenvalue weighted by molar-refractivity contribution is 0.900. The van der Waals surface area contributed by atoms with Crippen molar-refractivity contribution in [3.8, 4) is 6.07 Å². The van der Waals surface area contributed by atoms with Gasteiger partial charge in [-0.05, 0) is 65.0 Å². The Morgan fingerprint density at radius 3 is 2.90 bits per heavy atom. The van der Waals surface area contributed by atoms with Gasteiger partial charge in [0.1, 0.15) is 11.9 Å². The van der Waals surface area contributed by atoms with E-state index in [4.69, 9.17) is 11.6 Å². The summed E-state index contributed by atoms with van der Waals surface area (Å²) < 4.78 is 0.844. The van der Waals surface area contributed by atoms with E-state index in [1.807, 2.05) is 18.2 Å². The molecule has 1 aromatic carbocycles. The molecular weight excluding hydrogens is 338 g/mol. The maximum atomic E-state index is 9.28. The number of pyridine rings is 1. The summed E-state index contributed by atoms with van der Waals surface area (Å²) in [7, 11) is 0. The van der Waals surface area contributed by atoms with Crippen molar-refractivity contribution in [3.63, 3.8) is 0 Å². The molecule has 0 unspecified atom stereocenters. The van der Waals surface area contributed by atoms with E-state index in [2.05, 4.69) is 32.3 Å². The topological polar surface area (TPSA) is 48.7 Å². The van der Waals surface area contributed by atoms with Crippen molar-refractivity contribution in [3.05, 3.63) is 50.6 Å². The lowest BCUT2D eigenvalue weighted by Gasteiger charge is -2.11. The Hall–Kier alpha value is -1.57. The Bertz CT molecular complexity index is 722. The van der Waals surface area contributed by atoms with Crippen LogP contribution in [0.2, 0.25) is 5.02 Å². The zero-order valence-corrected chi connectivity index (χ0v) is 12.9. The number of nitrogens with one attached hydrogen (secondary N) is 1. The first kappa shape index (κ1) is 13.4. The van der Waals surface area contributed by atoms with Crippen molar-refractivity contribution in [1.82, 2.24) is 4.98 Å². The molecule has 0 amide bonds. The number of hydrogen-bond acceptors (Lipinski definition) is 3. The molecule has 0 bridgehead atoms. The number of aryl methyl sites for hydroxylation is 2. The molecule has 0 saturated carbocycles. The standard InChI is InChI=1S/C15H11BrClN3/c16-12-7-11(17)4-5-14(12)20-15-10(8-18)6-9-2-1-3-13(9)19-15/h4-7H,1-3H2,(H,19,20). The summed E-state index contributed by atoms with van der Waals surface area (Å²) in [5.74, 6) is 0.608. The Kier molecular flexibility index (Phi) is 3.64. The second-order valence-electron chi connectivity index (χ2n) is 4.70. The fourth-order valence-corrected chi connectivity index (χ4v) is 3.15. The van der Waals surface area contributed by atoms with Gasteiger partial charge in [0.2, 0.25) is 0 Å². The van der Waals surface area contributed by atoms with Crippen LogP contribution >= 0.6 is 27.5 Å². The molecule has 1 N–H and O–H groups in total. The van der Waals surface area contributed by atoms with Gasteiger partial charge >= 0.3 is 0 Å². The molecule has 1 heterocycles. The third kappa shape index (κ3) is 2.52. The van der Waals surface area contributed by atoms with Crippen LogP contribution in [0.1, 0.15) is 23.2 Å². The predicted octanol–water partition coefficient (Wildman–Crippen LogP) is 4.60. The maximum Gasteiger partial charge on any atom is 0.148 e. The SMILES string of the molecule is N#Cc1cc2c(nc1Nc1ccc(Cl)cc1Br)CCC2. The van der Waals surface area contributed by atoms with Crippen LogP contribution in [0.4, 0.5) is 11.5 Å². The summed E-state index contributed by atoms with van der Waals surface area (Å²) in [6.45, 7) is 0. The van der Waals surface area contributed by atoms with E-state index in [1.54, 1.807) is 6.07 Å². The van der Waals surface area contributed by atoms with Crippen molar-refractivity contribution in [2.75, 3.05) is 5.32 Å².